The highest BCUT2D eigenvalue weighted by molar-refractivity contribution is 9.10. The highest BCUT2D eigenvalue weighted by Gasteiger charge is 2.16. The zero-order valence-corrected chi connectivity index (χ0v) is 18.5. The summed E-state index contributed by atoms with van der Waals surface area (Å²) in [6, 6.07) is 9.07. The van der Waals surface area contributed by atoms with Crippen molar-refractivity contribution in [2.24, 2.45) is 0 Å². The predicted molar refractivity (Wildman–Crippen MR) is 116 cm³/mol. The number of thiazole rings is 1. The Labute approximate surface area is 179 Å². The minimum absolute atomic E-state index is 0.0368. The molecule has 9 heteroatoms. The van der Waals surface area contributed by atoms with Crippen LogP contribution in [-0.4, -0.2) is 42.4 Å². The number of nitrogens with zero attached hydrogens (tertiary/aromatic N) is 2. The van der Waals surface area contributed by atoms with Crippen LogP contribution in [0.1, 0.15) is 5.69 Å². The Morgan fingerprint density at radius 3 is 2.79 bits per heavy atom. The van der Waals surface area contributed by atoms with Gasteiger partial charge in [-0.3, -0.25) is 9.59 Å². The number of benzene rings is 1. The molecule has 28 heavy (non-hydrogen) atoms. The first-order chi connectivity index (χ1) is 13.4. The molecule has 0 aliphatic heterocycles. The zero-order chi connectivity index (χ0) is 20.1. The van der Waals surface area contributed by atoms with Crippen molar-refractivity contribution in [3.8, 4) is 15.6 Å². The van der Waals surface area contributed by atoms with Crippen molar-refractivity contribution >= 4 is 56.1 Å². The van der Waals surface area contributed by atoms with E-state index in [1.807, 2.05) is 16.8 Å². The lowest BCUT2D eigenvalue weighted by Crippen LogP contribution is -2.35. The minimum atomic E-state index is -0.272. The molecule has 1 N–H and O–H groups in total. The fraction of sp³-hybridized carbons (Fsp3) is 0.211. The molecule has 2 aromatic heterocycles. The summed E-state index contributed by atoms with van der Waals surface area (Å²) < 4.78 is 6.15. The molecule has 0 unspecified atom stereocenters. The van der Waals surface area contributed by atoms with Crippen molar-refractivity contribution in [3.05, 3.63) is 51.3 Å². The van der Waals surface area contributed by atoms with E-state index in [4.69, 9.17) is 4.74 Å². The van der Waals surface area contributed by atoms with E-state index in [-0.39, 0.29) is 24.8 Å². The van der Waals surface area contributed by atoms with Crippen LogP contribution in [0.4, 0.5) is 5.69 Å². The summed E-state index contributed by atoms with van der Waals surface area (Å²) in [7, 11) is 3.17. The summed E-state index contributed by atoms with van der Waals surface area (Å²) in [5.74, 6) is 0.218. The number of carbonyl (C=O) groups is 2. The Morgan fingerprint density at radius 2 is 2.07 bits per heavy atom. The Hall–Kier alpha value is -2.23. The topological polar surface area (TPSA) is 71.5 Å². The van der Waals surface area contributed by atoms with Gasteiger partial charge in [0.25, 0.3) is 0 Å². The van der Waals surface area contributed by atoms with Crippen LogP contribution in [0.25, 0.3) is 9.88 Å². The second-order valence-corrected chi connectivity index (χ2v) is 8.66. The second-order valence-electron chi connectivity index (χ2n) is 5.98. The van der Waals surface area contributed by atoms with Gasteiger partial charge in [0, 0.05) is 34.0 Å². The number of methoxy groups -OCH3 is 1. The fourth-order valence-corrected chi connectivity index (χ4v) is 4.75. The molecule has 0 saturated carbocycles. The van der Waals surface area contributed by atoms with Crippen LogP contribution in [0.3, 0.4) is 0 Å². The number of likely N-dealkylation sites (N-methyl/N-ethyl adjacent to an activating group) is 1. The van der Waals surface area contributed by atoms with E-state index >= 15 is 0 Å². The number of thiophene rings is 1. The van der Waals surface area contributed by atoms with Crippen LogP contribution in [-0.2, 0) is 16.0 Å². The van der Waals surface area contributed by atoms with E-state index in [0.717, 1.165) is 14.4 Å². The standard InChI is InChI=1S/C19H18BrN3O3S2/c1-23(9-17(24)21-13-4-3-5-15(7-13)26-2)18(25)8-14-11-28-19(22-14)16-6-12(20)10-27-16/h3-7,10-11H,8-9H2,1-2H3,(H,21,24). The Morgan fingerprint density at radius 1 is 1.25 bits per heavy atom. The maximum Gasteiger partial charge on any atom is 0.243 e. The highest BCUT2D eigenvalue weighted by Crippen LogP contribution is 2.32. The molecule has 0 aliphatic carbocycles. The molecular weight excluding hydrogens is 462 g/mol. The summed E-state index contributed by atoms with van der Waals surface area (Å²) in [6.07, 6.45) is 0.159. The third kappa shape index (κ3) is 5.40. The third-order valence-electron chi connectivity index (χ3n) is 3.82. The maximum absolute atomic E-state index is 12.4. The molecule has 146 valence electrons. The van der Waals surface area contributed by atoms with Gasteiger partial charge in [0.15, 0.2) is 0 Å². The van der Waals surface area contributed by atoms with Gasteiger partial charge in [-0.25, -0.2) is 4.98 Å². The second kappa shape index (κ2) is 9.31. The van der Waals surface area contributed by atoms with E-state index in [1.165, 1.54) is 16.2 Å². The molecule has 0 saturated heterocycles. The van der Waals surface area contributed by atoms with Gasteiger partial charge in [-0.15, -0.1) is 22.7 Å². The zero-order valence-electron chi connectivity index (χ0n) is 15.3. The van der Waals surface area contributed by atoms with Gasteiger partial charge in [0.2, 0.25) is 11.8 Å². The summed E-state index contributed by atoms with van der Waals surface area (Å²) in [5, 5.41) is 7.53. The average molecular weight is 480 g/mol. The van der Waals surface area contributed by atoms with Gasteiger partial charge in [-0.1, -0.05) is 6.07 Å². The Balaban J connectivity index is 1.54. The average Bonchev–Trinajstić information content (AvgIpc) is 3.30. The van der Waals surface area contributed by atoms with E-state index < -0.39 is 0 Å². The molecule has 1 aromatic carbocycles. The van der Waals surface area contributed by atoms with Crippen LogP contribution in [0.2, 0.25) is 0 Å². The molecular formula is C19H18BrN3O3S2. The lowest BCUT2D eigenvalue weighted by Gasteiger charge is -2.16. The lowest BCUT2D eigenvalue weighted by molar-refractivity contribution is -0.132. The number of halogens is 1. The maximum atomic E-state index is 12.4. The normalized spacial score (nSPS) is 10.5. The number of nitrogens with one attached hydrogen (secondary N) is 1. The molecule has 3 aromatic rings. The van der Waals surface area contributed by atoms with E-state index in [2.05, 4.69) is 26.2 Å². The summed E-state index contributed by atoms with van der Waals surface area (Å²) in [4.78, 5) is 31.6. The largest absolute Gasteiger partial charge is 0.497 e. The van der Waals surface area contributed by atoms with Crippen LogP contribution < -0.4 is 10.1 Å². The first-order valence-corrected chi connectivity index (χ1v) is 10.9. The first-order valence-electron chi connectivity index (χ1n) is 8.31. The van der Waals surface area contributed by atoms with Crippen LogP contribution in [0, 0.1) is 0 Å². The number of anilines is 1. The molecule has 0 radical (unpaired) electrons. The van der Waals surface area contributed by atoms with Gasteiger partial charge in [0.05, 0.1) is 30.6 Å². The predicted octanol–water partition coefficient (Wildman–Crippen LogP) is 4.28. The molecule has 2 heterocycles. The van der Waals surface area contributed by atoms with Crippen molar-refractivity contribution in [1.29, 1.82) is 0 Å². The molecule has 0 aliphatic rings. The van der Waals surface area contributed by atoms with Crippen LogP contribution in [0.5, 0.6) is 5.75 Å². The number of hydrogen-bond acceptors (Lipinski definition) is 6. The molecule has 3 rings (SSSR count). The van der Waals surface area contributed by atoms with Crippen molar-refractivity contribution in [3.63, 3.8) is 0 Å². The number of ether oxygens (including phenoxy) is 1. The van der Waals surface area contributed by atoms with Crippen LogP contribution >= 0.6 is 38.6 Å². The SMILES string of the molecule is COc1cccc(NC(=O)CN(C)C(=O)Cc2csc(-c3cc(Br)cs3)n2)c1. The monoisotopic (exact) mass is 479 g/mol. The number of rotatable bonds is 7. The van der Waals surface area contributed by atoms with E-state index in [9.17, 15) is 9.59 Å². The summed E-state index contributed by atoms with van der Waals surface area (Å²) >= 11 is 6.53. The van der Waals surface area contributed by atoms with Gasteiger partial charge in [-0.05, 0) is 34.1 Å². The first kappa shape index (κ1) is 20.5. The number of carbonyl (C=O) groups excluding carboxylic acids is 2. The molecule has 0 bridgehead atoms. The highest BCUT2D eigenvalue weighted by atomic mass is 79.9. The summed E-state index contributed by atoms with van der Waals surface area (Å²) in [6.45, 7) is -0.0368. The molecule has 0 atom stereocenters. The quantitative estimate of drug-likeness (QED) is 0.548. The molecule has 0 spiro atoms. The summed E-state index contributed by atoms with van der Waals surface area (Å²) in [5.41, 5.74) is 1.33. The van der Waals surface area contributed by atoms with Gasteiger partial charge < -0.3 is 15.0 Å². The Bertz CT molecular complexity index is 986. The van der Waals surface area contributed by atoms with Crippen molar-refractivity contribution < 1.29 is 14.3 Å². The van der Waals surface area contributed by atoms with Crippen molar-refractivity contribution in [1.82, 2.24) is 9.88 Å². The van der Waals surface area contributed by atoms with E-state index in [1.54, 1.807) is 49.8 Å². The van der Waals surface area contributed by atoms with Gasteiger partial charge in [0.1, 0.15) is 10.8 Å². The number of aromatic nitrogens is 1. The van der Waals surface area contributed by atoms with Gasteiger partial charge >= 0.3 is 0 Å². The molecule has 2 amide bonds. The molecule has 0 fully saturated rings. The third-order valence-corrected chi connectivity index (χ3v) is 6.57. The van der Waals surface area contributed by atoms with Crippen molar-refractivity contribution in [2.75, 3.05) is 26.0 Å². The van der Waals surface area contributed by atoms with Crippen LogP contribution in [0.15, 0.2) is 45.6 Å². The number of amides is 2. The van der Waals surface area contributed by atoms with Gasteiger partial charge in [-0.2, -0.15) is 0 Å². The minimum Gasteiger partial charge on any atom is -0.497 e. The lowest BCUT2D eigenvalue weighted by atomic mass is 10.3. The molecule has 6 nitrogen and oxygen atoms in total. The van der Waals surface area contributed by atoms with Crippen molar-refractivity contribution in [2.45, 2.75) is 6.42 Å². The Kier molecular flexibility index (Phi) is 6.82. The van der Waals surface area contributed by atoms with E-state index in [0.29, 0.717) is 17.1 Å². The number of hydrogen-bond donors (Lipinski definition) is 1. The smallest absolute Gasteiger partial charge is 0.243 e. The fourth-order valence-electron chi connectivity index (χ4n) is 2.42.